The van der Waals surface area contributed by atoms with E-state index in [1.165, 1.54) is 0 Å². The Balaban J connectivity index is 1.69. The van der Waals surface area contributed by atoms with E-state index in [1.807, 2.05) is 28.9 Å². The van der Waals surface area contributed by atoms with Crippen molar-refractivity contribution in [2.75, 3.05) is 26.7 Å². The van der Waals surface area contributed by atoms with E-state index >= 15 is 0 Å². The van der Waals surface area contributed by atoms with Crippen molar-refractivity contribution in [3.63, 3.8) is 0 Å². The molecule has 2 aromatic heterocycles. The van der Waals surface area contributed by atoms with Crippen molar-refractivity contribution in [2.24, 2.45) is 0 Å². The van der Waals surface area contributed by atoms with Crippen LogP contribution in [-0.2, 0) is 6.42 Å². The van der Waals surface area contributed by atoms with Gasteiger partial charge in [-0.05, 0) is 31.7 Å². The molecule has 3 heterocycles. The van der Waals surface area contributed by atoms with Gasteiger partial charge in [0.15, 0.2) is 5.82 Å². The van der Waals surface area contributed by atoms with Gasteiger partial charge in [0.2, 0.25) is 0 Å². The second kappa shape index (κ2) is 7.19. The van der Waals surface area contributed by atoms with Gasteiger partial charge < -0.3 is 9.84 Å². The maximum absolute atomic E-state index is 6.12. The van der Waals surface area contributed by atoms with E-state index in [-0.39, 0.29) is 6.04 Å². The molecule has 1 aliphatic rings. The van der Waals surface area contributed by atoms with E-state index in [2.05, 4.69) is 39.4 Å². The molecule has 0 radical (unpaired) electrons. The molecule has 1 fully saturated rings. The maximum atomic E-state index is 6.12. The fourth-order valence-electron chi connectivity index (χ4n) is 3.30. The summed E-state index contributed by atoms with van der Waals surface area (Å²) in [5, 5.41) is 12.8. The number of likely N-dealkylation sites (N-methyl/N-ethyl adjacent to an activating group) is 1. The van der Waals surface area contributed by atoms with Crippen LogP contribution in [0.2, 0.25) is 5.02 Å². The molecular formula is C18H21ClN6O. The van der Waals surface area contributed by atoms with Gasteiger partial charge in [-0.3, -0.25) is 4.90 Å². The summed E-state index contributed by atoms with van der Waals surface area (Å²) in [5.41, 5.74) is 2.78. The zero-order chi connectivity index (χ0) is 18.1. The molecule has 4 rings (SSSR count). The molecule has 8 heteroatoms. The quantitative estimate of drug-likeness (QED) is 0.759. The van der Waals surface area contributed by atoms with Crippen molar-refractivity contribution < 1.29 is 4.52 Å². The fourth-order valence-corrected chi connectivity index (χ4v) is 3.48. The van der Waals surface area contributed by atoms with E-state index in [0.717, 1.165) is 43.0 Å². The lowest BCUT2D eigenvalue weighted by Gasteiger charge is -2.30. The van der Waals surface area contributed by atoms with Gasteiger partial charge in [0, 0.05) is 24.7 Å². The standard InChI is InChI=1S/C18H21ClN6O/c1-3-15-14(10-21-25(15)13-6-4-5-12(19)9-13)18-22-17(23-26-18)16-11-20-7-8-24(16)2/h4-6,9-10,16,20H,3,7-8,11H2,1-2H3. The highest BCUT2D eigenvalue weighted by molar-refractivity contribution is 6.30. The SMILES string of the molecule is CCc1c(-c2nc(C3CNCCN3C)no2)cnn1-c1cccc(Cl)c1. The average molecular weight is 373 g/mol. The van der Waals surface area contributed by atoms with E-state index in [9.17, 15) is 0 Å². The Morgan fingerprint density at radius 2 is 2.27 bits per heavy atom. The molecule has 0 spiro atoms. The molecule has 1 aliphatic heterocycles. The normalized spacial score (nSPS) is 18.3. The Morgan fingerprint density at radius 1 is 1.38 bits per heavy atom. The smallest absolute Gasteiger partial charge is 0.261 e. The molecule has 26 heavy (non-hydrogen) atoms. The number of aromatic nitrogens is 4. The molecule has 3 aromatic rings. The van der Waals surface area contributed by atoms with Gasteiger partial charge in [0.1, 0.15) is 0 Å². The highest BCUT2D eigenvalue weighted by Gasteiger charge is 2.26. The molecule has 1 unspecified atom stereocenters. The maximum Gasteiger partial charge on any atom is 0.261 e. The summed E-state index contributed by atoms with van der Waals surface area (Å²) < 4.78 is 7.45. The summed E-state index contributed by atoms with van der Waals surface area (Å²) in [6.45, 7) is 4.83. The number of benzene rings is 1. The van der Waals surface area contributed by atoms with E-state index in [4.69, 9.17) is 16.1 Å². The first kappa shape index (κ1) is 17.2. The minimum Gasteiger partial charge on any atom is -0.334 e. The summed E-state index contributed by atoms with van der Waals surface area (Å²) in [5.74, 6) is 1.20. The second-order valence-electron chi connectivity index (χ2n) is 6.41. The third-order valence-electron chi connectivity index (χ3n) is 4.74. The Labute approximate surface area is 156 Å². The molecule has 0 aliphatic carbocycles. The van der Waals surface area contributed by atoms with Crippen LogP contribution in [0.1, 0.15) is 24.5 Å². The van der Waals surface area contributed by atoms with Crippen LogP contribution in [0.15, 0.2) is 35.0 Å². The minimum atomic E-state index is 0.120. The van der Waals surface area contributed by atoms with Crippen molar-refractivity contribution in [3.05, 3.63) is 47.0 Å². The van der Waals surface area contributed by atoms with Crippen LogP contribution in [0.25, 0.3) is 17.1 Å². The Hall–Kier alpha value is -2.22. The molecule has 1 atom stereocenters. The summed E-state index contributed by atoms with van der Waals surface area (Å²) in [7, 11) is 2.08. The van der Waals surface area contributed by atoms with E-state index in [0.29, 0.717) is 16.7 Å². The van der Waals surface area contributed by atoms with Crippen molar-refractivity contribution >= 4 is 11.6 Å². The lowest BCUT2D eigenvalue weighted by molar-refractivity contribution is 0.190. The molecule has 0 amide bonds. The van der Waals surface area contributed by atoms with Crippen LogP contribution in [0.3, 0.4) is 0 Å². The zero-order valence-electron chi connectivity index (χ0n) is 14.8. The third kappa shape index (κ3) is 3.13. The van der Waals surface area contributed by atoms with Crippen molar-refractivity contribution in [3.8, 4) is 17.1 Å². The van der Waals surface area contributed by atoms with E-state index in [1.54, 1.807) is 6.20 Å². The van der Waals surface area contributed by atoms with Crippen molar-refractivity contribution in [2.45, 2.75) is 19.4 Å². The lowest BCUT2D eigenvalue weighted by atomic mass is 10.2. The summed E-state index contributed by atoms with van der Waals surface area (Å²) in [6, 6.07) is 7.74. The van der Waals surface area contributed by atoms with Crippen molar-refractivity contribution in [1.82, 2.24) is 30.1 Å². The molecule has 0 bridgehead atoms. The molecule has 136 valence electrons. The largest absolute Gasteiger partial charge is 0.334 e. The number of nitrogens with zero attached hydrogens (tertiary/aromatic N) is 5. The number of halogens is 1. The monoisotopic (exact) mass is 372 g/mol. The van der Waals surface area contributed by atoms with Crippen LogP contribution in [-0.4, -0.2) is 51.5 Å². The Kier molecular flexibility index (Phi) is 4.76. The van der Waals surface area contributed by atoms with Crippen LogP contribution >= 0.6 is 11.6 Å². The second-order valence-corrected chi connectivity index (χ2v) is 6.84. The predicted molar refractivity (Wildman–Crippen MR) is 99.5 cm³/mol. The summed E-state index contributed by atoms with van der Waals surface area (Å²) in [6.07, 6.45) is 2.56. The van der Waals surface area contributed by atoms with Gasteiger partial charge >= 0.3 is 0 Å². The van der Waals surface area contributed by atoms with Crippen LogP contribution < -0.4 is 5.32 Å². The van der Waals surface area contributed by atoms with Crippen molar-refractivity contribution in [1.29, 1.82) is 0 Å². The van der Waals surface area contributed by atoms with Gasteiger partial charge in [-0.2, -0.15) is 10.1 Å². The molecule has 1 saturated heterocycles. The highest BCUT2D eigenvalue weighted by Crippen LogP contribution is 2.27. The fraction of sp³-hybridized carbons (Fsp3) is 0.389. The highest BCUT2D eigenvalue weighted by atomic mass is 35.5. The topological polar surface area (TPSA) is 72.0 Å². The molecule has 7 nitrogen and oxygen atoms in total. The number of rotatable bonds is 4. The zero-order valence-corrected chi connectivity index (χ0v) is 15.6. The van der Waals surface area contributed by atoms with Crippen LogP contribution in [0, 0.1) is 0 Å². The molecular weight excluding hydrogens is 352 g/mol. The van der Waals surface area contributed by atoms with Gasteiger partial charge in [-0.15, -0.1) is 0 Å². The first-order chi connectivity index (χ1) is 12.7. The number of nitrogens with one attached hydrogen (secondary N) is 1. The first-order valence-electron chi connectivity index (χ1n) is 8.75. The van der Waals surface area contributed by atoms with Gasteiger partial charge in [0.25, 0.3) is 5.89 Å². The number of hydrogen-bond acceptors (Lipinski definition) is 6. The lowest BCUT2D eigenvalue weighted by Crippen LogP contribution is -2.44. The van der Waals surface area contributed by atoms with Gasteiger partial charge in [-0.25, -0.2) is 4.68 Å². The minimum absolute atomic E-state index is 0.120. The van der Waals surface area contributed by atoms with E-state index < -0.39 is 0 Å². The van der Waals surface area contributed by atoms with Crippen LogP contribution in [0.5, 0.6) is 0 Å². The average Bonchev–Trinajstić information content (AvgIpc) is 3.28. The summed E-state index contributed by atoms with van der Waals surface area (Å²) >= 11 is 6.12. The first-order valence-corrected chi connectivity index (χ1v) is 9.13. The predicted octanol–water partition coefficient (Wildman–Crippen LogP) is 2.71. The van der Waals surface area contributed by atoms with Gasteiger partial charge in [0.05, 0.1) is 29.2 Å². The molecule has 1 aromatic carbocycles. The number of piperazine rings is 1. The summed E-state index contributed by atoms with van der Waals surface area (Å²) in [4.78, 5) is 6.89. The Bertz CT molecular complexity index is 905. The third-order valence-corrected chi connectivity index (χ3v) is 4.97. The molecule has 1 N–H and O–H groups in total. The van der Waals surface area contributed by atoms with Gasteiger partial charge in [-0.1, -0.05) is 29.7 Å². The number of hydrogen-bond donors (Lipinski definition) is 1. The molecule has 0 saturated carbocycles. The Morgan fingerprint density at radius 3 is 3.04 bits per heavy atom. The van der Waals surface area contributed by atoms with Crippen LogP contribution in [0.4, 0.5) is 0 Å².